The molecule has 0 fully saturated rings. The minimum Gasteiger partial charge on any atom is -0.512 e. The van der Waals surface area contributed by atoms with E-state index in [0.717, 1.165) is 75.3 Å². The van der Waals surface area contributed by atoms with E-state index in [4.69, 9.17) is 9.40 Å². The maximum Gasteiger partial charge on any atom is 0.162 e. The first-order valence-corrected chi connectivity index (χ1v) is 14.0. The van der Waals surface area contributed by atoms with Crippen LogP contribution >= 0.6 is 0 Å². The van der Waals surface area contributed by atoms with Gasteiger partial charge in [0.05, 0.1) is 16.9 Å². The van der Waals surface area contributed by atoms with E-state index < -0.39 is 0 Å². The first-order valence-electron chi connectivity index (χ1n) is 14.0. The molecule has 2 aromatic heterocycles. The Morgan fingerprint density at radius 1 is 0.900 bits per heavy atom. The van der Waals surface area contributed by atoms with Crippen LogP contribution in [-0.4, -0.2) is 15.9 Å². The molecule has 0 aliphatic carbocycles. The molecule has 1 N–H and O–H groups in total. The average molecular weight is 713 g/mol. The second-order valence-corrected chi connectivity index (χ2v) is 10.1. The quantitative estimate of drug-likeness (QED) is 0.0989. The summed E-state index contributed by atoms with van der Waals surface area (Å²) in [5, 5.41) is 13.1. The van der Waals surface area contributed by atoms with Crippen molar-refractivity contribution in [3.63, 3.8) is 0 Å². The normalized spacial score (nSPS) is 11.6. The molecule has 0 bridgehead atoms. The molecule has 0 saturated heterocycles. The van der Waals surface area contributed by atoms with Crippen LogP contribution in [0.5, 0.6) is 0 Å². The molecule has 0 unspecified atom stereocenters. The molecular formula is C35H38IrNO3-. The van der Waals surface area contributed by atoms with Gasteiger partial charge in [-0.15, -0.1) is 17.7 Å². The van der Waals surface area contributed by atoms with E-state index in [9.17, 15) is 9.90 Å². The van der Waals surface area contributed by atoms with Gasteiger partial charge in [-0.3, -0.25) is 9.78 Å². The Morgan fingerprint density at radius 3 is 2.25 bits per heavy atom. The summed E-state index contributed by atoms with van der Waals surface area (Å²) in [5.74, 6) is 0.547. The number of fused-ring (bicyclic) bond motifs is 4. The summed E-state index contributed by atoms with van der Waals surface area (Å²) in [4.78, 5) is 16.5. The van der Waals surface area contributed by atoms with Crippen molar-refractivity contribution in [1.29, 1.82) is 0 Å². The van der Waals surface area contributed by atoms with Crippen molar-refractivity contribution >= 4 is 38.6 Å². The van der Waals surface area contributed by atoms with Crippen molar-refractivity contribution in [3.8, 4) is 11.3 Å². The standard InChI is InChI=1S/C22H14NO.C13H24O2.Ir/c1-14-12-17-16-7-3-5-9-21(16)24-22(17)18(13-14)20-11-10-15-6-2-4-8-19(15)23-20;1-5-10(6-2)12(14)9-13(15)11(7-3)8-4;/h2-12H,1H3;9-11,14H,5-8H2,1-4H3;/q-1;;/b;12-9-;. The van der Waals surface area contributed by atoms with Gasteiger partial charge >= 0.3 is 0 Å². The van der Waals surface area contributed by atoms with E-state index in [1.807, 2.05) is 70.2 Å². The third-order valence-electron chi connectivity index (χ3n) is 7.48. The van der Waals surface area contributed by atoms with Crippen LogP contribution in [0, 0.1) is 24.8 Å². The van der Waals surface area contributed by atoms with Crippen molar-refractivity contribution in [2.45, 2.75) is 60.3 Å². The summed E-state index contributed by atoms with van der Waals surface area (Å²) in [6.07, 6.45) is 4.91. The van der Waals surface area contributed by atoms with Crippen LogP contribution < -0.4 is 0 Å². The van der Waals surface area contributed by atoms with Crippen LogP contribution in [0.2, 0.25) is 0 Å². The Morgan fingerprint density at radius 2 is 1.55 bits per heavy atom. The molecule has 0 amide bonds. The van der Waals surface area contributed by atoms with Crippen LogP contribution in [0.3, 0.4) is 0 Å². The summed E-state index contributed by atoms with van der Waals surface area (Å²) in [6.45, 7) is 10.1. The number of hydrogen-bond acceptors (Lipinski definition) is 4. The third kappa shape index (κ3) is 6.89. The number of pyridine rings is 1. The van der Waals surface area contributed by atoms with Gasteiger partial charge in [0.15, 0.2) is 5.78 Å². The van der Waals surface area contributed by atoms with Gasteiger partial charge in [0.2, 0.25) is 0 Å². The minimum atomic E-state index is 0. The van der Waals surface area contributed by atoms with Gasteiger partial charge < -0.3 is 9.52 Å². The number of allylic oxidation sites excluding steroid dienone is 2. The van der Waals surface area contributed by atoms with Crippen LogP contribution in [0.4, 0.5) is 0 Å². The van der Waals surface area contributed by atoms with Gasteiger partial charge in [0.1, 0.15) is 5.58 Å². The number of aliphatic hydroxyl groups excluding tert-OH is 1. The van der Waals surface area contributed by atoms with Crippen LogP contribution in [0.15, 0.2) is 83.0 Å². The molecule has 0 aliphatic heterocycles. The second-order valence-electron chi connectivity index (χ2n) is 10.1. The predicted octanol–water partition coefficient (Wildman–Crippen LogP) is 9.78. The number of rotatable bonds is 8. The number of carbonyl (C=O) groups is 1. The maximum absolute atomic E-state index is 11.7. The molecule has 211 valence electrons. The Hall–Kier alpha value is -3.27. The number of furan rings is 1. The zero-order chi connectivity index (χ0) is 27.9. The van der Waals surface area contributed by atoms with E-state index >= 15 is 0 Å². The fourth-order valence-corrected chi connectivity index (χ4v) is 5.07. The van der Waals surface area contributed by atoms with Crippen molar-refractivity contribution in [3.05, 3.63) is 90.2 Å². The Kier molecular flexibility index (Phi) is 11.2. The molecule has 5 rings (SSSR count). The monoisotopic (exact) mass is 713 g/mol. The van der Waals surface area contributed by atoms with Gasteiger partial charge in [-0.2, -0.15) is 0 Å². The van der Waals surface area contributed by atoms with Crippen molar-refractivity contribution in [1.82, 2.24) is 4.98 Å². The van der Waals surface area contributed by atoms with E-state index in [0.29, 0.717) is 0 Å². The zero-order valence-electron chi connectivity index (χ0n) is 24.0. The molecule has 0 aliphatic rings. The summed E-state index contributed by atoms with van der Waals surface area (Å²) < 4.78 is 6.13. The van der Waals surface area contributed by atoms with Crippen molar-refractivity contribution in [2.24, 2.45) is 11.8 Å². The minimum absolute atomic E-state index is 0. The van der Waals surface area contributed by atoms with E-state index in [-0.39, 0.29) is 43.5 Å². The molecule has 40 heavy (non-hydrogen) atoms. The van der Waals surface area contributed by atoms with E-state index in [2.05, 4.69) is 37.3 Å². The van der Waals surface area contributed by atoms with Crippen LogP contribution in [0.1, 0.15) is 58.9 Å². The fraction of sp³-hybridized carbons (Fsp3) is 0.314. The first-order chi connectivity index (χ1) is 18.9. The molecule has 0 saturated carbocycles. The molecule has 5 aromatic rings. The largest absolute Gasteiger partial charge is 0.512 e. The van der Waals surface area contributed by atoms with E-state index in [1.165, 1.54) is 6.08 Å². The number of para-hydroxylation sites is 2. The van der Waals surface area contributed by atoms with Crippen molar-refractivity contribution in [2.75, 3.05) is 0 Å². The number of aromatic nitrogens is 1. The maximum atomic E-state index is 11.7. The second kappa shape index (κ2) is 14.4. The van der Waals surface area contributed by atoms with Crippen LogP contribution in [0.25, 0.3) is 44.1 Å². The Bertz CT molecular complexity index is 1610. The predicted molar refractivity (Wildman–Crippen MR) is 162 cm³/mol. The van der Waals surface area contributed by atoms with Gasteiger partial charge in [-0.05, 0) is 48.9 Å². The number of aryl methyl sites for hydroxylation is 1. The third-order valence-corrected chi connectivity index (χ3v) is 7.48. The number of ketones is 1. The Balaban J connectivity index is 0.000000243. The molecule has 0 atom stereocenters. The molecular weight excluding hydrogens is 675 g/mol. The van der Waals surface area contributed by atoms with Gasteiger partial charge in [-0.1, -0.05) is 94.1 Å². The molecule has 2 heterocycles. The number of carbonyl (C=O) groups excluding carboxylic acids is 1. The molecule has 1 radical (unpaired) electrons. The smallest absolute Gasteiger partial charge is 0.162 e. The molecule has 4 nitrogen and oxygen atoms in total. The van der Waals surface area contributed by atoms with Crippen LogP contribution in [-0.2, 0) is 24.9 Å². The Labute approximate surface area is 250 Å². The van der Waals surface area contributed by atoms with Gasteiger partial charge in [-0.25, -0.2) is 0 Å². The van der Waals surface area contributed by atoms with Gasteiger partial charge in [0, 0.05) is 43.4 Å². The fourth-order valence-electron chi connectivity index (χ4n) is 5.07. The average Bonchev–Trinajstić information content (AvgIpc) is 3.32. The number of nitrogens with zero attached hydrogens (tertiary/aromatic N) is 1. The number of aliphatic hydroxyl groups is 1. The summed E-state index contributed by atoms with van der Waals surface area (Å²) in [5.41, 5.74) is 5.62. The summed E-state index contributed by atoms with van der Waals surface area (Å²) in [7, 11) is 0. The van der Waals surface area contributed by atoms with E-state index in [1.54, 1.807) is 0 Å². The number of benzene rings is 3. The zero-order valence-corrected chi connectivity index (χ0v) is 26.4. The van der Waals surface area contributed by atoms with Gasteiger partial charge in [0.25, 0.3) is 0 Å². The SMILES string of the molecule is CCC(CC)C(=O)/C=C(\O)C(CC)CC.Cc1[c-]c(-c2ccc3ccccc3n2)c2oc3ccccc3c2c1.[Ir]. The summed E-state index contributed by atoms with van der Waals surface area (Å²) >= 11 is 0. The van der Waals surface area contributed by atoms with Crippen molar-refractivity contribution < 1.29 is 34.4 Å². The molecule has 0 spiro atoms. The number of hydrogen-bond donors (Lipinski definition) is 1. The molecule has 3 aromatic carbocycles. The first kappa shape index (κ1) is 31.3. The topological polar surface area (TPSA) is 63.3 Å². The molecule has 5 heteroatoms. The summed E-state index contributed by atoms with van der Waals surface area (Å²) in [6, 6.07) is 26.0.